The minimum atomic E-state index is -0.549. The Bertz CT molecular complexity index is 1320. The molecule has 0 radical (unpaired) electrons. The zero-order chi connectivity index (χ0) is 22.5. The van der Waals surface area contributed by atoms with E-state index in [2.05, 4.69) is 16.5 Å². The lowest BCUT2D eigenvalue weighted by Gasteiger charge is -2.09. The monoisotopic (exact) mass is 425 g/mol. The summed E-state index contributed by atoms with van der Waals surface area (Å²) in [6, 6.07) is 15.4. The lowest BCUT2D eigenvalue weighted by atomic mass is 9.98. The first kappa shape index (κ1) is 21.3. The van der Waals surface area contributed by atoms with Gasteiger partial charge in [-0.05, 0) is 66.0 Å². The number of nitriles is 1. The Balaban J connectivity index is 1.54. The number of benzene rings is 3. The van der Waals surface area contributed by atoms with E-state index in [0.29, 0.717) is 29.6 Å². The average Bonchev–Trinajstić information content (AvgIpc) is 2.82. The van der Waals surface area contributed by atoms with Crippen LogP contribution in [-0.2, 0) is 19.3 Å². The van der Waals surface area contributed by atoms with Crippen LogP contribution in [0.2, 0.25) is 0 Å². The standard InChI is InChI=1S/C27H21F2N3/c1-2-3-4-19-16-31-27(32-17-19)22-11-12-24-21(14-22)10-9-20(26(24)29)7-5-18-6-8-23(15-30)25(28)13-18/h2,6,8-14,16-17H,1,3-5,7H2. The van der Waals surface area contributed by atoms with Gasteiger partial charge in [-0.1, -0.05) is 36.4 Å². The topological polar surface area (TPSA) is 49.6 Å². The highest BCUT2D eigenvalue weighted by molar-refractivity contribution is 5.87. The van der Waals surface area contributed by atoms with Gasteiger partial charge in [-0.3, -0.25) is 0 Å². The molecule has 0 bridgehead atoms. The summed E-state index contributed by atoms with van der Waals surface area (Å²) in [5.74, 6) is -0.224. The van der Waals surface area contributed by atoms with E-state index in [1.165, 1.54) is 12.1 Å². The van der Waals surface area contributed by atoms with Crippen molar-refractivity contribution in [2.45, 2.75) is 25.7 Å². The summed E-state index contributed by atoms with van der Waals surface area (Å²) in [5.41, 5.74) is 3.18. The van der Waals surface area contributed by atoms with Gasteiger partial charge >= 0.3 is 0 Å². The van der Waals surface area contributed by atoms with Crippen molar-refractivity contribution >= 4 is 10.8 Å². The molecule has 0 aliphatic rings. The van der Waals surface area contributed by atoms with Crippen molar-refractivity contribution in [3.63, 3.8) is 0 Å². The van der Waals surface area contributed by atoms with Crippen LogP contribution in [-0.4, -0.2) is 9.97 Å². The van der Waals surface area contributed by atoms with Crippen molar-refractivity contribution in [3.8, 4) is 17.5 Å². The second kappa shape index (κ2) is 9.49. The number of fused-ring (bicyclic) bond motifs is 1. The first-order chi connectivity index (χ1) is 15.6. The largest absolute Gasteiger partial charge is 0.236 e. The smallest absolute Gasteiger partial charge is 0.159 e. The molecule has 0 atom stereocenters. The van der Waals surface area contributed by atoms with Crippen LogP contribution in [0, 0.1) is 23.0 Å². The molecule has 5 heteroatoms. The van der Waals surface area contributed by atoms with Gasteiger partial charge in [0.05, 0.1) is 5.56 Å². The van der Waals surface area contributed by atoms with E-state index in [0.717, 1.165) is 34.9 Å². The Morgan fingerprint density at radius 1 is 0.906 bits per heavy atom. The molecule has 0 aliphatic heterocycles. The Labute approximate surface area is 185 Å². The third kappa shape index (κ3) is 4.55. The molecule has 32 heavy (non-hydrogen) atoms. The zero-order valence-corrected chi connectivity index (χ0v) is 17.5. The minimum absolute atomic E-state index is 0.0109. The van der Waals surface area contributed by atoms with Gasteiger partial charge in [0, 0.05) is 23.3 Å². The van der Waals surface area contributed by atoms with Crippen LogP contribution in [0.1, 0.15) is 28.7 Å². The summed E-state index contributed by atoms with van der Waals surface area (Å²) < 4.78 is 28.9. The van der Waals surface area contributed by atoms with Crippen LogP contribution in [0.5, 0.6) is 0 Å². The van der Waals surface area contributed by atoms with Crippen LogP contribution < -0.4 is 0 Å². The maximum absolute atomic E-state index is 15.1. The molecule has 3 nitrogen and oxygen atoms in total. The molecule has 0 N–H and O–H groups in total. The first-order valence-corrected chi connectivity index (χ1v) is 10.4. The molecule has 4 rings (SSSR count). The molecule has 1 heterocycles. The number of rotatable bonds is 7. The van der Waals surface area contributed by atoms with Crippen LogP contribution in [0.25, 0.3) is 22.2 Å². The van der Waals surface area contributed by atoms with E-state index in [4.69, 9.17) is 5.26 Å². The first-order valence-electron chi connectivity index (χ1n) is 10.4. The Kier molecular flexibility index (Phi) is 6.32. The molecule has 0 spiro atoms. The summed E-state index contributed by atoms with van der Waals surface area (Å²) in [7, 11) is 0. The maximum atomic E-state index is 15.1. The van der Waals surface area contributed by atoms with Crippen LogP contribution in [0.4, 0.5) is 8.78 Å². The fourth-order valence-electron chi connectivity index (χ4n) is 3.65. The fraction of sp³-hybridized carbons (Fsp3) is 0.148. The number of aryl methyl sites for hydroxylation is 3. The second-order valence-electron chi connectivity index (χ2n) is 7.64. The number of aromatic nitrogens is 2. The summed E-state index contributed by atoms with van der Waals surface area (Å²) in [6.45, 7) is 3.72. The van der Waals surface area contributed by atoms with Crippen molar-refractivity contribution in [3.05, 3.63) is 107 Å². The quantitative estimate of drug-likeness (QED) is 0.324. The second-order valence-corrected chi connectivity index (χ2v) is 7.64. The summed E-state index contributed by atoms with van der Waals surface area (Å²) >= 11 is 0. The van der Waals surface area contributed by atoms with Crippen LogP contribution >= 0.6 is 0 Å². The highest BCUT2D eigenvalue weighted by Gasteiger charge is 2.11. The molecule has 3 aromatic carbocycles. The van der Waals surface area contributed by atoms with Crippen molar-refractivity contribution in [1.29, 1.82) is 5.26 Å². The fourth-order valence-corrected chi connectivity index (χ4v) is 3.65. The van der Waals surface area contributed by atoms with Crippen molar-refractivity contribution in [1.82, 2.24) is 9.97 Å². The predicted molar refractivity (Wildman–Crippen MR) is 122 cm³/mol. The van der Waals surface area contributed by atoms with E-state index in [-0.39, 0.29) is 11.4 Å². The minimum Gasteiger partial charge on any atom is -0.236 e. The van der Waals surface area contributed by atoms with E-state index < -0.39 is 5.82 Å². The van der Waals surface area contributed by atoms with E-state index in [1.54, 1.807) is 24.3 Å². The highest BCUT2D eigenvalue weighted by Crippen LogP contribution is 2.27. The Hall–Kier alpha value is -3.91. The highest BCUT2D eigenvalue weighted by atomic mass is 19.1. The Morgan fingerprint density at radius 2 is 1.72 bits per heavy atom. The van der Waals surface area contributed by atoms with Gasteiger partial charge in [0.2, 0.25) is 0 Å². The predicted octanol–water partition coefficient (Wildman–Crippen LogP) is 6.35. The van der Waals surface area contributed by atoms with Crippen LogP contribution in [0.15, 0.2) is 73.6 Å². The van der Waals surface area contributed by atoms with Crippen molar-refractivity contribution < 1.29 is 8.78 Å². The van der Waals surface area contributed by atoms with Crippen LogP contribution in [0.3, 0.4) is 0 Å². The summed E-state index contributed by atoms with van der Waals surface area (Å²) in [5, 5.41) is 10.1. The lowest BCUT2D eigenvalue weighted by Crippen LogP contribution is -1.98. The average molecular weight is 425 g/mol. The van der Waals surface area contributed by atoms with Gasteiger partial charge in [0.25, 0.3) is 0 Å². The van der Waals surface area contributed by atoms with Crippen molar-refractivity contribution in [2.75, 3.05) is 0 Å². The Morgan fingerprint density at radius 3 is 2.44 bits per heavy atom. The number of hydrogen-bond donors (Lipinski definition) is 0. The molecule has 1 aromatic heterocycles. The number of nitrogens with zero attached hydrogens (tertiary/aromatic N) is 3. The molecule has 0 saturated carbocycles. The molecule has 4 aromatic rings. The zero-order valence-electron chi connectivity index (χ0n) is 17.5. The number of hydrogen-bond acceptors (Lipinski definition) is 3. The third-order valence-electron chi connectivity index (χ3n) is 5.47. The molecule has 0 fully saturated rings. The maximum Gasteiger partial charge on any atom is 0.159 e. The molecular weight excluding hydrogens is 404 g/mol. The normalized spacial score (nSPS) is 10.8. The van der Waals surface area contributed by atoms with Gasteiger partial charge in [-0.2, -0.15) is 5.26 Å². The molecule has 0 unspecified atom stereocenters. The van der Waals surface area contributed by atoms with Gasteiger partial charge in [0.1, 0.15) is 17.7 Å². The summed E-state index contributed by atoms with van der Waals surface area (Å²) in [6.07, 6.45) is 8.13. The van der Waals surface area contributed by atoms with Crippen molar-refractivity contribution in [2.24, 2.45) is 0 Å². The van der Waals surface area contributed by atoms with Gasteiger partial charge < -0.3 is 0 Å². The molecule has 0 aliphatic carbocycles. The molecule has 0 saturated heterocycles. The number of halogens is 2. The van der Waals surface area contributed by atoms with Gasteiger partial charge in [0.15, 0.2) is 5.82 Å². The van der Waals surface area contributed by atoms with Gasteiger partial charge in [-0.15, -0.1) is 6.58 Å². The lowest BCUT2D eigenvalue weighted by molar-refractivity contribution is 0.616. The van der Waals surface area contributed by atoms with E-state index >= 15 is 4.39 Å². The van der Waals surface area contributed by atoms with Gasteiger partial charge in [-0.25, -0.2) is 18.7 Å². The molecular formula is C27H21F2N3. The van der Waals surface area contributed by atoms with E-state index in [1.807, 2.05) is 36.7 Å². The molecule has 0 amide bonds. The summed E-state index contributed by atoms with van der Waals surface area (Å²) in [4.78, 5) is 8.88. The SMILES string of the molecule is C=CCCc1cnc(-c2ccc3c(F)c(CCc4ccc(C#N)c(F)c4)ccc3c2)nc1. The third-order valence-corrected chi connectivity index (χ3v) is 5.47. The van der Waals surface area contributed by atoms with E-state index in [9.17, 15) is 4.39 Å². The molecule has 158 valence electrons. The number of allylic oxidation sites excluding steroid dienone is 1.